The van der Waals surface area contributed by atoms with Crippen LogP contribution in [-0.2, 0) is 4.79 Å². The maximum atomic E-state index is 11.0. The summed E-state index contributed by atoms with van der Waals surface area (Å²) in [6.07, 6.45) is 0. The van der Waals surface area contributed by atoms with Crippen molar-refractivity contribution in [3.05, 3.63) is 0 Å². The van der Waals surface area contributed by atoms with Gasteiger partial charge in [-0.05, 0) is 6.92 Å². The molecule has 0 aliphatic rings. The van der Waals surface area contributed by atoms with Crippen molar-refractivity contribution in [1.82, 2.24) is 5.32 Å². The number of nitrogens with two attached hydrogens (primary N) is 1. The molecule has 0 spiro atoms. The predicted molar refractivity (Wildman–Crippen MR) is 47.5 cm³/mol. The van der Waals surface area contributed by atoms with Gasteiger partial charge in [0.1, 0.15) is 0 Å². The molecule has 0 rings (SSSR count). The lowest BCUT2D eigenvalue weighted by Crippen LogP contribution is -2.43. The topological polar surface area (TPSA) is 75.4 Å². The zero-order valence-corrected chi connectivity index (χ0v) is 7.92. The summed E-state index contributed by atoms with van der Waals surface area (Å²) in [6, 6.07) is -0.487. The minimum atomic E-state index is -0.487. The SMILES string of the molecule is C[C@@H](N)C(=O)NCC(C)(C)CO. The molecule has 12 heavy (non-hydrogen) atoms. The van der Waals surface area contributed by atoms with E-state index in [1.807, 2.05) is 13.8 Å². The van der Waals surface area contributed by atoms with Crippen molar-refractivity contribution in [2.45, 2.75) is 26.8 Å². The van der Waals surface area contributed by atoms with E-state index in [0.717, 1.165) is 0 Å². The molecule has 0 aliphatic heterocycles. The van der Waals surface area contributed by atoms with Crippen molar-refractivity contribution in [2.75, 3.05) is 13.2 Å². The Balaban J connectivity index is 3.76. The molecule has 0 aliphatic carbocycles. The molecule has 4 N–H and O–H groups in total. The third-order valence-corrected chi connectivity index (χ3v) is 1.58. The highest BCUT2D eigenvalue weighted by molar-refractivity contribution is 5.80. The molecule has 0 bridgehead atoms. The van der Waals surface area contributed by atoms with Gasteiger partial charge in [-0.2, -0.15) is 0 Å². The van der Waals surface area contributed by atoms with Crippen LogP contribution in [0.15, 0.2) is 0 Å². The molecule has 0 aromatic carbocycles. The van der Waals surface area contributed by atoms with Crippen LogP contribution in [0.25, 0.3) is 0 Å². The molecule has 0 unspecified atom stereocenters. The van der Waals surface area contributed by atoms with E-state index in [-0.39, 0.29) is 17.9 Å². The Morgan fingerprint density at radius 2 is 2.17 bits per heavy atom. The molecule has 1 atom stereocenters. The molecule has 1 amide bonds. The van der Waals surface area contributed by atoms with E-state index in [1.165, 1.54) is 0 Å². The second-order valence-electron chi connectivity index (χ2n) is 3.83. The van der Waals surface area contributed by atoms with Crippen molar-refractivity contribution >= 4 is 5.91 Å². The predicted octanol–water partition coefficient (Wildman–Crippen LogP) is -0.532. The van der Waals surface area contributed by atoms with Gasteiger partial charge in [0.2, 0.25) is 5.91 Å². The number of rotatable bonds is 4. The van der Waals surface area contributed by atoms with E-state index in [4.69, 9.17) is 10.8 Å². The molecule has 0 saturated carbocycles. The Kier molecular flexibility index (Phi) is 4.20. The summed E-state index contributed by atoms with van der Waals surface area (Å²) in [5, 5.41) is 11.5. The molecular formula is C8H18N2O2. The minimum absolute atomic E-state index is 0.0478. The lowest BCUT2D eigenvalue weighted by Gasteiger charge is -2.22. The Bertz CT molecular complexity index is 155. The first-order valence-corrected chi connectivity index (χ1v) is 4.03. The molecule has 0 fully saturated rings. The largest absolute Gasteiger partial charge is 0.396 e. The third kappa shape index (κ3) is 4.31. The lowest BCUT2D eigenvalue weighted by molar-refractivity contribution is -0.122. The number of nitrogens with one attached hydrogen (secondary N) is 1. The smallest absolute Gasteiger partial charge is 0.236 e. The van der Waals surface area contributed by atoms with Gasteiger partial charge in [0, 0.05) is 18.6 Å². The maximum Gasteiger partial charge on any atom is 0.236 e. The van der Waals surface area contributed by atoms with Gasteiger partial charge in [-0.15, -0.1) is 0 Å². The number of aliphatic hydroxyl groups is 1. The highest BCUT2D eigenvalue weighted by atomic mass is 16.3. The molecule has 0 saturated heterocycles. The average molecular weight is 174 g/mol. The van der Waals surface area contributed by atoms with Crippen LogP contribution in [0, 0.1) is 5.41 Å². The second kappa shape index (κ2) is 4.42. The number of carbonyl (C=O) groups is 1. The summed E-state index contributed by atoms with van der Waals surface area (Å²) < 4.78 is 0. The van der Waals surface area contributed by atoms with Gasteiger partial charge in [0.25, 0.3) is 0 Å². The first-order chi connectivity index (χ1) is 5.39. The first-order valence-electron chi connectivity index (χ1n) is 4.03. The van der Waals surface area contributed by atoms with Crippen molar-refractivity contribution in [3.63, 3.8) is 0 Å². The summed E-state index contributed by atoms with van der Waals surface area (Å²) in [6.45, 7) is 5.86. The van der Waals surface area contributed by atoms with Crippen LogP contribution in [0.4, 0.5) is 0 Å². The van der Waals surface area contributed by atoms with Gasteiger partial charge in [0.15, 0.2) is 0 Å². The average Bonchev–Trinajstić information content (AvgIpc) is 2.00. The van der Waals surface area contributed by atoms with E-state index >= 15 is 0 Å². The summed E-state index contributed by atoms with van der Waals surface area (Å²) in [5.74, 6) is -0.184. The van der Waals surface area contributed by atoms with Gasteiger partial charge in [-0.3, -0.25) is 4.79 Å². The van der Waals surface area contributed by atoms with Crippen molar-refractivity contribution in [1.29, 1.82) is 0 Å². The minimum Gasteiger partial charge on any atom is -0.396 e. The van der Waals surface area contributed by atoms with Crippen molar-refractivity contribution < 1.29 is 9.90 Å². The number of amides is 1. The second-order valence-corrected chi connectivity index (χ2v) is 3.83. The van der Waals surface area contributed by atoms with Crippen molar-refractivity contribution in [2.24, 2.45) is 11.1 Å². The van der Waals surface area contributed by atoms with Crippen LogP contribution >= 0.6 is 0 Å². The van der Waals surface area contributed by atoms with E-state index in [0.29, 0.717) is 6.54 Å². The quantitative estimate of drug-likeness (QED) is 0.536. The van der Waals surface area contributed by atoms with Crippen LogP contribution in [0.5, 0.6) is 0 Å². The summed E-state index contributed by atoms with van der Waals surface area (Å²) in [5.41, 5.74) is 5.06. The molecule has 0 radical (unpaired) electrons. The first kappa shape index (κ1) is 11.4. The van der Waals surface area contributed by atoms with Crippen LogP contribution in [-0.4, -0.2) is 30.2 Å². The summed E-state index contributed by atoms with van der Waals surface area (Å²) >= 11 is 0. The zero-order valence-electron chi connectivity index (χ0n) is 7.92. The van der Waals surface area contributed by atoms with Crippen LogP contribution in [0.2, 0.25) is 0 Å². The fourth-order valence-corrected chi connectivity index (χ4v) is 0.543. The Morgan fingerprint density at radius 1 is 1.67 bits per heavy atom. The normalized spacial score (nSPS) is 14.1. The molecular weight excluding hydrogens is 156 g/mol. The fourth-order valence-electron chi connectivity index (χ4n) is 0.543. The maximum absolute atomic E-state index is 11.0. The van der Waals surface area contributed by atoms with Gasteiger partial charge < -0.3 is 16.2 Å². The molecule has 4 heteroatoms. The molecule has 0 heterocycles. The molecule has 0 aromatic rings. The molecule has 4 nitrogen and oxygen atoms in total. The van der Waals surface area contributed by atoms with Gasteiger partial charge >= 0.3 is 0 Å². The third-order valence-electron chi connectivity index (χ3n) is 1.58. The lowest BCUT2D eigenvalue weighted by atomic mass is 9.95. The van der Waals surface area contributed by atoms with Crippen LogP contribution < -0.4 is 11.1 Å². The van der Waals surface area contributed by atoms with Crippen molar-refractivity contribution in [3.8, 4) is 0 Å². The number of hydrogen-bond acceptors (Lipinski definition) is 3. The van der Waals surface area contributed by atoms with E-state index in [9.17, 15) is 4.79 Å². The van der Waals surface area contributed by atoms with E-state index in [2.05, 4.69) is 5.32 Å². The van der Waals surface area contributed by atoms with E-state index in [1.54, 1.807) is 6.92 Å². The number of hydrogen-bond donors (Lipinski definition) is 3. The summed E-state index contributed by atoms with van der Waals surface area (Å²) in [4.78, 5) is 11.0. The van der Waals surface area contributed by atoms with Gasteiger partial charge in [-0.1, -0.05) is 13.8 Å². The Labute approximate surface area is 73.1 Å². The summed E-state index contributed by atoms with van der Waals surface area (Å²) in [7, 11) is 0. The fraction of sp³-hybridized carbons (Fsp3) is 0.875. The van der Waals surface area contributed by atoms with Crippen LogP contribution in [0.1, 0.15) is 20.8 Å². The monoisotopic (exact) mass is 174 g/mol. The molecule has 0 aromatic heterocycles. The Hall–Kier alpha value is -0.610. The standard InChI is InChI=1S/C8H18N2O2/c1-6(9)7(12)10-4-8(2,3)5-11/h6,11H,4-5,9H2,1-3H3,(H,10,12)/t6-/m1/s1. The molecule has 72 valence electrons. The number of aliphatic hydroxyl groups excluding tert-OH is 1. The van der Waals surface area contributed by atoms with Crippen LogP contribution in [0.3, 0.4) is 0 Å². The zero-order chi connectivity index (χ0) is 9.78. The highest BCUT2D eigenvalue weighted by Gasteiger charge is 2.18. The van der Waals surface area contributed by atoms with E-state index < -0.39 is 6.04 Å². The number of carbonyl (C=O) groups excluding carboxylic acids is 1. The van der Waals surface area contributed by atoms with Gasteiger partial charge in [0.05, 0.1) is 6.04 Å². The Morgan fingerprint density at radius 3 is 2.50 bits per heavy atom. The highest BCUT2D eigenvalue weighted by Crippen LogP contribution is 2.10. The van der Waals surface area contributed by atoms with Gasteiger partial charge in [-0.25, -0.2) is 0 Å².